The maximum Gasteiger partial charge on any atom is 0.0551 e. The first kappa shape index (κ1) is 11.4. The van der Waals surface area contributed by atoms with Crippen LogP contribution in [0.4, 0.5) is 0 Å². The largest absolute Gasteiger partial charge is 0.378 e. The first-order valence-corrected chi connectivity index (χ1v) is 6.69. The van der Waals surface area contributed by atoms with Gasteiger partial charge in [0.1, 0.15) is 0 Å². The monoisotopic (exact) mass is 211 g/mol. The smallest absolute Gasteiger partial charge is 0.0551 e. The Morgan fingerprint density at radius 1 is 1.13 bits per heavy atom. The van der Waals surface area contributed by atoms with Crippen LogP contribution in [0.2, 0.25) is 0 Å². The molecule has 2 unspecified atom stereocenters. The molecule has 1 saturated carbocycles. The van der Waals surface area contributed by atoms with Crippen LogP contribution < -0.4 is 5.32 Å². The highest BCUT2D eigenvalue weighted by Crippen LogP contribution is 2.20. The van der Waals surface area contributed by atoms with Crippen molar-refractivity contribution in [2.45, 2.75) is 64.0 Å². The van der Waals surface area contributed by atoms with Crippen LogP contribution in [-0.2, 0) is 4.74 Å². The lowest BCUT2D eigenvalue weighted by molar-refractivity contribution is 0.119. The molecule has 1 heterocycles. The van der Waals surface area contributed by atoms with Crippen molar-refractivity contribution < 1.29 is 4.74 Å². The maximum absolute atomic E-state index is 5.59. The van der Waals surface area contributed by atoms with E-state index in [0.717, 1.165) is 18.6 Å². The van der Waals surface area contributed by atoms with Gasteiger partial charge in [0.25, 0.3) is 0 Å². The molecule has 0 amide bonds. The van der Waals surface area contributed by atoms with Crippen LogP contribution in [0.1, 0.15) is 51.9 Å². The topological polar surface area (TPSA) is 21.3 Å². The second-order valence-corrected chi connectivity index (χ2v) is 5.34. The van der Waals surface area contributed by atoms with E-state index in [1.807, 2.05) is 0 Å². The van der Waals surface area contributed by atoms with Gasteiger partial charge in [-0.2, -0.15) is 0 Å². The van der Waals surface area contributed by atoms with E-state index in [0.29, 0.717) is 6.10 Å². The van der Waals surface area contributed by atoms with Gasteiger partial charge in [-0.1, -0.05) is 25.7 Å². The van der Waals surface area contributed by atoms with Crippen LogP contribution in [0.25, 0.3) is 0 Å². The van der Waals surface area contributed by atoms with Gasteiger partial charge in [-0.15, -0.1) is 0 Å². The molecule has 2 aliphatic rings. The summed E-state index contributed by atoms with van der Waals surface area (Å²) in [4.78, 5) is 0. The molecule has 1 aliphatic carbocycles. The molecule has 1 saturated heterocycles. The highest BCUT2D eigenvalue weighted by molar-refractivity contribution is 4.76. The molecule has 1 N–H and O–H groups in total. The first-order chi connectivity index (χ1) is 7.34. The molecule has 1 aliphatic heterocycles. The van der Waals surface area contributed by atoms with Crippen LogP contribution in [0.5, 0.6) is 0 Å². The molecule has 2 heteroatoms. The van der Waals surface area contributed by atoms with Crippen LogP contribution in [-0.4, -0.2) is 25.3 Å². The second kappa shape index (κ2) is 5.86. The lowest BCUT2D eigenvalue weighted by Gasteiger charge is -2.18. The number of rotatable bonds is 3. The Labute approximate surface area is 93.8 Å². The van der Waals surface area contributed by atoms with Crippen molar-refractivity contribution in [2.24, 2.45) is 5.92 Å². The zero-order valence-corrected chi connectivity index (χ0v) is 10.0. The van der Waals surface area contributed by atoms with E-state index in [1.54, 1.807) is 0 Å². The van der Waals surface area contributed by atoms with Crippen molar-refractivity contribution >= 4 is 0 Å². The van der Waals surface area contributed by atoms with Gasteiger partial charge in [0.05, 0.1) is 12.7 Å². The fourth-order valence-electron chi connectivity index (χ4n) is 2.86. The van der Waals surface area contributed by atoms with Crippen molar-refractivity contribution in [2.75, 3.05) is 13.2 Å². The molecule has 2 atom stereocenters. The summed E-state index contributed by atoms with van der Waals surface area (Å²) < 4.78 is 5.59. The normalized spacial score (nSPS) is 34.2. The third kappa shape index (κ3) is 3.76. The van der Waals surface area contributed by atoms with E-state index in [2.05, 4.69) is 12.2 Å². The molecule has 0 radical (unpaired) electrons. The van der Waals surface area contributed by atoms with E-state index in [-0.39, 0.29) is 0 Å². The standard InChI is InChI=1S/C13H25NO/c1-11-8-12(10-15-11)9-14-13-6-4-2-3-5-7-13/h11-14H,2-10H2,1H3. The van der Waals surface area contributed by atoms with Crippen molar-refractivity contribution in [3.8, 4) is 0 Å². The summed E-state index contributed by atoms with van der Waals surface area (Å²) in [5, 5.41) is 3.74. The molecule has 0 aromatic heterocycles. The van der Waals surface area contributed by atoms with Gasteiger partial charge in [-0.05, 0) is 32.1 Å². The third-order valence-electron chi connectivity index (χ3n) is 3.83. The Morgan fingerprint density at radius 3 is 2.47 bits per heavy atom. The van der Waals surface area contributed by atoms with Gasteiger partial charge < -0.3 is 10.1 Å². The predicted molar refractivity (Wildman–Crippen MR) is 63.0 cm³/mol. The molecule has 2 fully saturated rings. The van der Waals surface area contributed by atoms with Crippen LogP contribution >= 0.6 is 0 Å². The number of nitrogens with one attached hydrogen (secondary N) is 1. The summed E-state index contributed by atoms with van der Waals surface area (Å²) in [5.74, 6) is 0.767. The average molecular weight is 211 g/mol. The fourth-order valence-corrected chi connectivity index (χ4v) is 2.86. The second-order valence-electron chi connectivity index (χ2n) is 5.34. The molecule has 88 valence electrons. The Bertz CT molecular complexity index is 175. The molecule has 0 aromatic carbocycles. The predicted octanol–water partition coefficient (Wildman–Crippen LogP) is 2.72. The van der Waals surface area contributed by atoms with E-state index in [4.69, 9.17) is 4.74 Å². The summed E-state index contributed by atoms with van der Waals surface area (Å²) in [6.07, 6.45) is 10.3. The van der Waals surface area contributed by atoms with Crippen LogP contribution in [0, 0.1) is 5.92 Å². The van der Waals surface area contributed by atoms with Crippen LogP contribution in [0.3, 0.4) is 0 Å². The van der Waals surface area contributed by atoms with Gasteiger partial charge in [0.2, 0.25) is 0 Å². The highest BCUT2D eigenvalue weighted by Gasteiger charge is 2.22. The van der Waals surface area contributed by atoms with Gasteiger partial charge in [0, 0.05) is 12.6 Å². The zero-order chi connectivity index (χ0) is 10.5. The van der Waals surface area contributed by atoms with Crippen LogP contribution in [0.15, 0.2) is 0 Å². The van der Waals surface area contributed by atoms with Crippen molar-refractivity contribution in [1.29, 1.82) is 0 Å². The lowest BCUT2D eigenvalue weighted by Crippen LogP contribution is -2.33. The molecule has 0 aromatic rings. The fraction of sp³-hybridized carbons (Fsp3) is 1.00. The SMILES string of the molecule is CC1CC(CNC2CCCCCC2)CO1. The number of hydrogen-bond donors (Lipinski definition) is 1. The van der Waals surface area contributed by atoms with Gasteiger partial charge in [0.15, 0.2) is 0 Å². The highest BCUT2D eigenvalue weighted by atomic mass is 16.5. The van der Waals surface area contributed by atoms with Crippen molar-refractivity contribution in [1.82, 2.24) is 5.32 Å². The molecular formula is C13H25NO. The number of hydrogen-bond acceptors (Lipinski definition) is 2. The molecule has 0 spiro atoms. The van der Waals surface area contributed by atoms with E-state index < -0.39 is 0 Å². The van der Waals surface area contributed by atoms with E-state index in [1.165, 1.54) is 51.5 Å². The third-order valence-corrected chi connectivity index (χ3v) is 3.83. The van der Waals surface area contributed by atoms with E-state index >= 15 is 0 Å². The minimum atomic E-state index is 0.492. The Morgan fingerprint density at radius 2 is 1.87 bits per heavy atom. The lowest BCUT2D eigenvalue weighted by atomic mass is 10.0. The minimum absolute atomic E-state index is 0.492. The minimum Gasteiger partial charge on any atom is -0.378 e. The molecule has 15 heavy (non-hydrogen) atoms. The van der Waals surface area contributed by atoms with Gasteiger partial charge in [-0.3, -0.25) is 0 Å². The molecule has 2 nitrogen and oxygen atoms in total. The Kier molecular flexibility index (Phi) is 4.45. The Balaban J connectivity index is 1.63. The van der Waals surface area contributed by atoms with Gasteiger partial charge >= 0.3 is 0 Å². The zero-order valence-electron chi connectivity index (χ0n) is 10.0. The first-order valence-electron chi connectivity index (χ1n) is 6.69. The molecule has 2 rings (SSSR count). The maximum atomic E-state index is 5.59. The summed E-state index contributed by atoms with van der Waals surface area (Å²) >= 11 is 0. The summed E-state index contributed by atoms with van der Waals surface area (Å²) in [6.45, 7) is 4.33. The molecule has 0 bridgehead atoms. The Hall–Kier alpha value is -0.0800. The average Bonchev–Trinajstić information content (AvgIpc) is 2.52. The molecular weight excluding hydrogens is 186 g/mol. The van der Waals surface area contributed by atoms with Gasteiger partial charge in [-0.25, -0.2) is 0 Å². The van der Waals surface area contributed by atoms with Crippen molar-refractivity contribution in [3.05, 3.63) is 0 Å². The quantitative estimate of drug-likeness (QED) is 0.725. The summed E-state index contributed by atoms with van der Waals surface area (Å²) in [7, 11) is 0. The summed E-state index contributed by atoms with van der Waals surface area (Å²) in [6, 6.07) is 0.795. The van der Waals surface area contributed by atoms with Crippen molar-refractivity contribution in [3.63, 3.8) is 0 Å². The summed E-state index contributed by atoms with van der Waals surface area (Å²) in [5.41, 5.74) is 0. The number of ether oxygens (including phenoxy) is 1. The van der Waals surface area contributed by atoms with E-state index in [9.17, 15) is 0 Å².